The summed E-state index contributed by atoms with van der Waals surface area (Å²) in [6.45, 7) is 0. The van der Waals surface area contributed by atoms with Gasteiger partial charge in [0.1, 0.15) is 5.00 Å². The predicted octanol–water partition coefficient (Wildman–Crippen LogP) is 3.47. The van der Waals surface area contributed by atoms with Crippen molar-refractivity contribution in [2.24, 2.45) is 0 Å². The average molecular weight is 402 g/mol. The third-order valence-electron chi connectivity index (χ3n) is 4.64. The standard InChI is InChI=1S/C19H18N2O4S2/c1-25-19(24)16-10-5-4-8-12(10)27-18(16)21-15(22)9-14-17(23)20-11-6-2-3-7-13(11)26-14/h2-3,6-7,14H,4-5,8-9H2,1H3,(H,20,23)(H,21,22). The van der Waals surface area contributed by atoms with Crippen molar-refractivity contribution in [3.8, 4) is 0 Å². The lowest BCUT2D eigenvalue weighted by Gasteiger charge is -2.23. The zero-order valence-corrected chi connectivity index (χ0v) is 16.3. The molecule has 1 unspecified atom stereocenters. The number of benzene rings is 1. The van der Waals surface area contributed by atoms with Gasteiger partial charge in [0.25, 0.3) is 0 Å². The molecule has 1 aromatic carbocycles. The second kappa shape index (κ2) is 7.36. The van der Waals surface area contributed by atoms with Gasteiger partial charge in [0.05, 0.1) is 23.6 Å². The molecule has 4 rings (SSSR count). The molecule has 0 bridgehead atoms. The highest BCUT2D eigenvalue weighted by molar-refractivity contribution is 8.01. The van der Waals surface area contributed by atoms with Crippen LogP contribution >= 0.6 is 23.1 Å². The molecule has 0 saturated heterocycles. The number of ether oxygens (including phenoxy) is 1. The number of carbonyl (C=O) groups excluding carboxylic acids is 3. The molecule has 6 nitrogen and oxygen atoms in total. The lowest BCUT2D eigenvalue weighted by Crippen LogP contribution is -2.32. The number of nitrogens with one attached hydrogen (secondary N) is 2. The maximum atomic E-state index is 12.6. The number of carbonyl (C=O) groups is 3. The molecule has 1 atom stereocenters. The normalized spacial score (nSPS) is 17.7. The number of fused-ring (bicyclic) bond motifs is 2. The Morgan fingerprint density at radius 2 is 2.11 bits per heavy atom. The molecule has 2 amide bonds. The Morgan fingerprint density at radius 3 is 2.93 bits per heavy atom. The number of aryl methyl sites for hydroxylation is 1. The summed E-state index contributed by atoms with van der Waals surface area (Å²) < 4.78 is 4.90. The van der Waals surface area contributed by atoms with Gasteiger partial charge in [0.2, 0.25) is 11.8 Å². The minimum atomic E-state index is -0.506. The SMILES string of the molecule is COC(=O)c1c(NC(=O)CC2Sc3ccccc3NC2=O)sc2c1CCC2. The first-order chi connectivity index (χ1) is 13.1. The molecule has 0 saturated carbocycles. The fourth-order valence-electron chi connectivity index (χ4n) is 3.38. The summed E-state index contributed by atoms with van der Waals surface area (Å²) in [4.78, 5) is 39.1. The van der Waals surface area contributed by atoms with Crippen molar-refractivity contribution in [3.05, 3.63) is 40.3 Å². The monoisotopic (exact) mass is 402 g/mol. The lowest BCUT2D eigenvalue weighted by molar-refractivity contribution is -0.120. The highest BCUT2D eigenvalue weighted by atomic mass is 32.2. The van der Waals surface area contributed by atoms with Crippen LogP contribution in [0.5, 0.6) is 0 Å². The predicted molar refractivity (Wildman–Crippen MR) is 106 cm³/mol. The van der Waals surface area contributed by atoms with Gasteiger partial charge in [0.15, 0.2) is 0 Å². The fourth-order valence-corrected chi connectivity index (χ4v) is 5.79. The van der Waals surface area contributed by atoms with Crippen molar-refractivity contribution in [3.63, 3.8) is 0 Å². The number of rotatable bonds is 4. The molecule has 2 N–H and O–H groups in total. The zero-order valence-electron chi connectivity index (χ0n) is 14.7. The van der Waals surface area contributed by atoms with Gasteiger partial charge < -0.3 is 15.4 Å². The summed E-state index contributed by atoms with van der Waals surface area (Å²) in [6.07, 6.45) is 2.78. The Kier molecular flexibility index (Phi) is 4.92. The molecule has 27 heavy (non-hydrogen) atoms. The van der Waals surface area contributed by atoms with Crippen LogP contribution in [0.2, 0.25) is 0 Å². The molecule has 8 heteroatoms. The Bertz CT molecular complexity index is 938. The van der Waals surface area contributed by atoms with Crippen molar-refractivity contribution < 1.29 is 19.1 Å². The molecule has 0 radical (unpaired) electrons. The van der Waals surface area contributed by atoms with Crippen LogP contribution < -0.4 is 10.6 Å². The van der Waals surface area contributed by atoms with E-state index in [-0.39, 0.29) is 18.2 Å². The first-order valence-corrected chi connectivity index (χ1v) is 10.4. The molecule has 2 aliphatic rings. The lowest BCUT2D eigenvalue weighted by atomic mass is 10.1. The van der Waals surface area contributed by atoms with Crippen LogP contribution in [0.3, 0.4) is 0 Å². The minimum Gasteiger partial charge on any atom is -0.465 e. The van der Waals surface area contributed by atoms with E-state index in [4.69, 9.17) is 4.74 Å². The molecule has 1 aliphatic carbocycles. The van der Waals surface area contributed by atoms with E-state index in [2.05, 4.69) is 10.6 Å². The van der Waals surface area contributed by atoms with Gasteiger partial charge in [0, 0.05) is 16.2 Å². The quantitative estimate of drug-likeness (QED) is 0.765. The van der Waals surface area contributed by atoms with E-state index in [1.165, 1.54) is 30.2 Å². The van der Waals surface area contributed by atoms with Crippen molar-refractivity contribution in [2.75, 3.05) is 17.7 Å². The fraction of sp³-hybridized carbons (Fsp3) is 0.316. The topological polar surface area (TPSA) is 84.5 Å². The number of para-hydroxylation sites is 1. The van der Waals surface area contributed by atoms with Gasteiger partial charge in [-0.3, -0.25) is 9.59 Å². The number of amides is 2. The number of anilines is 2. The van der Waals surface area contributed by atoms with Gasteiger partial charge >= 0.3 is 5.97 Å². The van der Waals surface area contributed by atoms with Crippen LogP contribution in [0, 0.1) is 0 Å². The van der Waals surface area contributed by atoms with Crippen LogP contribution in [0.4, 0.5) is 10.7 Å². The summed E-state index contributed by atoms with van der Waals surface area (Å²) in [5.74, 6) is -0.897. The maximum Gasteiger partial charge on any atom is 0.341 e. The number of esters is 1. The van der Waals surface area contributed by atoms with Crippen molar-refractivity contribution in [1.29, 1.82) is 0 Å². The zero-order chi connectivity index (χ0) is 19.0. The summed E-state index contributed by atoms with van der Waals surface area (Å²) in [7, 11) is 1.34. The smallest absolute Gasteiger partial charge is 0.341 e. The number of hydrogen-bond donors (Lipinski definition) is 2. The first kappa shape index (κ1) is 18.1. The van der Waals surface area contributed by atoms with Gasteiger partial charge in [-0.05, 0) is 37.0 Å². The number of thioether (sulfide) groups is 1. The second-order valence-corrected chi connectivity index (χ2v) is 8.75. The van der Waals surface area contributed by atoms with Crippen LogP contribution in [-0.4, -0.2) is 30.1 Å². The largest absolute Gasteiger partial charge is 0.465 e. The van der Waals surface area contributed by atoms with Gasteiger partial charge in [-0.25, -0.2) is 4.79 Å². The van der Waals surface area contributed by atoms with Gasteiger partial charge in [-0.2, -0.15) is 0 Å². The average Bonchev–Trinajstić information content (AvgIpc) is 3.22. The van der Waals surface area contributed by atoms with Crippen molar-refractivity contribution >= 4 is 51.6 Å². The molecule has 1 aliphatic heterocycles. The van der Waals surface area contributed by atoms with E-state index in [0.29, 0.717) is 10.6 Å². The molecular formula is C19H18N2O4S2. The third-order valence-corrected chi connectivity index (χ3v) is 7.12. The summed E-state index contributed by atoms with van der Waals surface area (Å²) in [5.41, 5.74) is 2.22. The van der Waals surface area contributed by atoms with E-state index >= 15 is 0 Å². The Morgan fingerprint density at radius 1 is 1.30 bits per heavy atom. The molecule has 2 heterocycles. The summed E-state index contributed by atoms with van der Waals surface area (Å²) in [6, 6.07) is 7.52. The highest BCUT2D eigenvalue weighted by Crippen LogP contribution is 2.40. The van der Waals surface area contributed by atoms with Crippen molar-refractivity contribution in [2.45, 2.75) is 35.8 Å². The number of thiophene rings is 1. The molecule has 0 fully saturated rings. The van der Waals surface area contributed by atoms with Crippen LogP contribution in [0.25, 0.3) is 0 Å². The molecule has 2 aromatic rings. The molecule has 0 spiro atoms. The highest BCUT2D eigenvalue weighted by Gasteiger charge is 2.31. The van der Waals surface area contributed by atoms with E-state index < -0.39 is 11.2 Å². The van der Waals surface area contributed by atoms with Crippen LogP contribution in [0.15, 0.2) is 29.2 Å². The van der Waals surface area contributed by atoms with Crippen molar-refractivity contribution in [1.82, 2.24) is 0 Å². The van der Waals surface area contributed by atoms with E-state index in [1.54, 1.807) is 0 Å². The van der Waals surface area contributed by atoms with Crippen LogP contribution in [0.1, 0.15) is 33.6 Å². The number of methoxy groups -OCH3 is 1. The second-order valence-electron chi connectivity index (χ2n) is 6.40. The summed E-state index contributed by atoms with van der Waals surface area (Å²) >= 11 is 2.81. The van der Waals surface area contributed by atoms with Gasteiger partial charge in [-0.1, -0.05) is 12.1 Å². The third kappa shape index (κ3) is 3.46. The molecule has 140 valence electrons. The number of hydrogen-bond acceptors (Lipinski definition) is 6. The maximum absolute atomic E-state index is 12.6. The van der Waals surface area contributed by atoms with Gasteiger partial charge in [-0.15, -0.1) is 23.1 Å². The Labute approximate surface area is 164 Å². The van der Waals surface area contributed by atoms with E-state index in [0.717, 1.165) is 40.3 Å². The Balaban J connectivity index is 1.49. The summed E-state index contributed by atoms with van der Waals surface area (Å²) in [5, 5.41) is 5.69. The van der Waals surface area contributed by atoms with E-state index in [1.807, 2.05) is 24.3 Å². The minimum absolute atomic E-state index is 0.0357. The van der Waals surface area contributed by atoms with Crippen LogP contribution in [-0.2, 0) is 27.2 Å². The first-order valence-electron chi connectivity index (χ1n) is 8.66. The van der Waals surface area contributed by atoms with E-state index in [9.17, 15) is 14.4 Å². The Hall–Kier alpha value is -2.32. The molecular weight excluding hydrogens is 384 g/mol. The molecule has 1 aromatic heterocycles.